The van der Waals surface area contributed by atoms with Gasteiger partial charge in [0.1, 0.15) is 0 Å². The minimum Gasteiger partial charge on any atom is -0.348 e. The van der Waals surface area contributed by atoms with E-state index < -0.39 is 0 Å². The first-order chi connectivity index (χ1) is 6.72. The highest BCUT2D eigenvalue weighted by Crippen LogP contribution is 2.20. The van der Waals surface area contributed by atoms with Gasteiger partial charge in [0.05, 0.1) is 0 Å². The molecule has 0 spiro atoms. The molecule has 0 radical (unpaired) electrons. The van der Waals surface area contributed by atoms with Crippen LogP contribution in [-0.4, -0.2) is 49.9 Å². The van der Waals surface area contributed by atoms with Gasteiger partial charge in [0.2, 0.25) is 6.41 Å². The van der Waals surface area contributed by atoms with E-state index in [9.17, 15) is 4.79 Å². The lowest BCUT2D eigenvalue weighted by atomic mass is 9.92. The quantitative estimate of drug-likeness (QED) is 0.620. The van der Waals surface area contributed by atoms with Crippen molar-refractivity contribution in [1.82, 2.24) is 9.80 Å². The van der Waals surface area contributed by atoms with Crippen LogP contribution in [0.3, 0.4) is 0 Å². The topological polar surface area (TPSA) is 23.6 Å². The third-order valence-electron chi connectivity index (χ3n) is 3.14. The largest absolute Gasteiger partial charge is 0.348 e. The summed E-state index contributed by atoms with van der Waals surface area (Å²) in [5.41, 5.74) is 0. The van der Waals surface area contributed by atoms with Crippen LogP contribution in [0.4, 0.5) is 0 Å². The summed E-state index contributed by atoms with van der Waals surface area (Å²) in [5.74, 6) is 0.895. The van der Waals surface area contributed by atoms with Crippen LogP contribution in [0, 0.1) is 5.92 Å². The van der Waals surface area contributed by atoms with E-state index in [0.29, 0.717) is 0 Å². The number of hydrogen-bond acceptors (Lipinski definition) is 2. The Morgan fingerprint density at radius 1 is 1.43 bits per heavy atom. The summed E-state index contributed by atoms with van der Waals surface area (Å²) in [6, 6.07) is 0. The summed E-state index contributed by atoms with van der Waals surface area (Å²) in [5, 5.41) is 0. The lowest BCUT2D eigenvalue weighted by Gasteiger charge is -2.29. The predicted molar refractivity (Wildman–Crippen MR) is 58.1 cm³/mol. The molecule has 0 bridgehead atoms. The smallest absolute Gasteiger partial charge is 0.209 e. The number of likely N-dealkylation sites (tertiary alicyclic amines) is 1. The van der Waals surface area contributed by atoms with E-state index in [1.807, 2.05) is 7.05 Å². The van der Waals surface area contributed by atoms with Gasteiger partial charge in [-0.25, -0.2) is 0 Å². The lowest BCUT2D eigenvalue weighted by Crippen LogP contribution is -2.30. The first kappa shape index (κ1) is 11.5. The molecule has 0 aromatic heterocycles. The third-order valence-corrected chi connectivity index (χ3v) is 3.14. The first-order valence-corrected chi connectivity index (χ1v) is 5.56. The molecule has 1 heterocycles. The zero-order chi connectivity index (χ0) is 10.4. The van der Waals surface area contributed by atoms with Crippen LogP contribution in [0.15, 0.2) is 0 Å². The van der Waals surface area contributed by atoms with Gasteiger partial charge in [-0.05, 0) is 51.7 Å². The van der Waals surface area contributed by atoms with Crippen LogP contribution >= 0.6 is 0 Å². The maximum absolute atomic E-state index is 10.3. The Labute approximate surface area is 87.1 Å². The maximum Gasteiger partial charge on any atom is 0.209 e. The molecule has 1 aliphatic heterocycles. The second-order valence-electron chi connectivity index (χ2n) is 4.47. The molecule has 0 N–H and O–H groups in total. The van der Waals surface area contributed by atoms with Crippen LogP contribution in [0.5, 0.6) is 0 Å². The molecule has 0 saturated carbocycles. The Morgan fingerprint density at radius 3 is 2.64 bits per heavy atom. The van der Waals surface area contributed by atoms with E-state index >= 15 is 0 Å². The molecule has 0 aromatic carbocycles. The fraction of sp³-hybridized carbons (Fsp3) is 0.909. The normalized spacial score (nSPS) is 19.6. The van der Waals surface area contributed by atoms with Gasteiger partial charge in [0.25, 0.3) is 0 Å². The van der Waals surface area contributed by atoms with Crippen LogP contribution in [0.1, 0.15) is 25.7 Å². The molecule has 1 amide bonds. The molecule has 1 saturated heterocycles. The van der Waals surface area contributed by atoms with E-state index in [1.165, 1.54) is 32.4 Å². The van der Waals surface area contributed by atoms with Crippen molar-refractivity contribution < 1.29 is 4.79 Å². The highest BCUT2D eigenvalue weighted by molar-refractivity contribution is 5.46. The van der Waals surface area contributed by atoms with Crippen molar-refractivity contribution in [3.05, 3.63) is 0 Å². The van der Waals surface area contributed by atoms with Gasteiger partial charge < -0.3 is 9.80 Å². The van der Waals surface area contributed by atoms with Crippen molar-refractivity contribution in [3.63, 3.8) is 0 Å². The third kappa shape index (κ3) is 4.09. The zero-order valence-corrected chi connectivity index (χ0v) is 9.41. The molecule has 3 nitrogen and oxygen atoms in total. The first-order valence-electron chi connectivity index (χ1n) is 5.56. The predicted octanol–water partition coefficient (Wildman–Crippen LogP) is 1.20. The second kappa shape index (κ2) is 6.02. The molecule has 1 aliphatic rings. The summed E-state index contributed by atoms with van der Waals surface area (Å²) in [4.78, 5) is 14.5. The second-order valence-corrected chi connectivity index (χ2v) is 4.47. The number of hydrogen-bond donors (Lipinski definition) is 0. The molecule has 82 valence electrons. The van der Waals surface area contributed by atoms with Crippen molar-refractivity contribution in [3.8, 4) is 0 Å². The van der Waals surface area contributed by atoms with E-state index in [-0.39, 0.29) is 0 Å². The highest BCUT2D eigenvalue weighted by atomic mass is 16.1. The van der Waals surface area contributed by atoms with Gasteiger partial charge in [0, 0.05) is 13.6 Å². The average molecular weight is 198 g/mol. The molecule has 0 aromatic rings. The van der Waals surface area contributed by atoms with Crippen molar-refractivity contribution in [1.29, 1.82) is 0 Å². The monoisotopic (exact) mass is 198 g/mol. The SMILES string of the molecule is CN(C=O)CCCC1CCN(C)CC1. The fourth-order valence-electron chi connectivity index (χ4n) is 2.03. The van der Waals surface area contributed by atoms with Crippen molar-refractivity contribution in [2.24, 2.45) is 5.92 Å². The summed E-state index contributed by atoms with van der Waals surface area (Å²) in [7, 11) is 4.04. The minimum absolute atomic E-state index is 0.895. The molecular weight excluding hydrogens is 176 g/mol. The van der Waals surface area contributed by atoms with E-state index in [4.69, 9.17) is 0 Å². The number of carbonyl (C=O) groups excluding carboxylic acids is 1. The Morgan fingerprint density at radius 2 is 2.07 bits per heavy atom. The van der Waals surface area contributed by atoms with Gasteiger partial charge >= 0.3 is 0 Å². The van der Waals surface area contributed by atoms with Crippen molar-refractivity contribution in [2.75, 3.05) is 33.7 Å². The Bertz CT molecular complexity index is 165. The van der Waals surface area contributed by atoms with Gasteiger partial charge in [-0.1, -0.05) is 0 Å². The molecule has 1 fully saturated rings. The van der Waals surface area contributed by atoms with Crippen LogP contribution < -0.4 is 0 Å². The van der Waals surface area contributed by atoms with E-state index in [1.54, 1.807) is 4.90 Å². The summed E-state index contributed by atoms with van der Waals surface area (Å²) < 4.78 is 0. The number of amides is 1. The van der Waals surface area contributed by atoms with Crippen LogP contribution in [0.2, 0.25) is 0 Å². The molecular formula is C11H22N2O. The standard InChI is InChI=1S/C11H22N2O/c1-12-8-5-11(6-9-12)4-3-7-13(2)10-14/h10-11H,3-9H2,1-2H3. The summed E-state index contributed by atoms with van der Waals surface area (Å²) in [6.07, 6.45) is 6.02. The van der Waals surface area contributed by atoms with Gasteiger partial charge in [-0.3, -0.25) is 4.79 Å². The Kier molecular flexibility index (Phi) is 4.94. The number of piperidine rings is 1. The minimum atomic E-state index is 0.895. The van der Waals surface area contributed by atoms with Gasteiger partial charge in [-0.2, -0.15) is 0 Å². The van der Waals surface area contributed by atoms with Crippen LogP contribution in [-0.2, 0) is 4.79 Å². The van der Waals surface area contributed by atoms with Crippen LogP contribution in [0.25, 0.3) is 0 Å². The Hall–Kier alpha value is -0.570. The Balaban J connectivity index is 2.04. The summed E-state index contributed by atoms with van der Waals surface area (Å²) in [6.45, 7) is 3.40. The van der Waals surface area contributed by atoms with E-state index in [2.05, 4.69) is 11.9 Å². The van der Waals surface area contributed by atoms with E-state index in [0.717, 1.165) is 25.3 Å². The average Bonchev–Trinajstić information content (AvgIpc) is 2.21. The van der Waals surface area contributed by atoms with Crippen molar-refractivity contribution >= 4 is 6.41 Å². The van der Waals surface area contributed by atoms with Gasteiger partial charge in [0.15, 0.2) is 0 Å². The summed E-state index contributed by atoms with van der Waals surface area (Å²) >= 11 is 0. The molecule has 3 heteroatoms. The molecule has 0 aliphatic carbocycles. The maximum atomic E-state index is 10.3. The molecule has 0 unspecified atom stereocenters. The molecule has 14 heavy (non-hydrogen) atoms. The van der Waals surface area contributed by atoms with Gasteiger partial charge in [-0.15, -0.1) is 0 Å². The molecule has 1 rings (SSSR count). The van der Waals surface area contributed by atoms with Crippen molar-refractivity contribution in [2.45, 2.75) is 25.7 Å². The number of carbonyl (C=O) groups is 1. The lowest BCUT2D eigenvalue weighted by molar-refractivity contribution is -0.117. The zero-order valence-electron chi connectivity index (χ0n) is 9.41. The molecule has 0 atom stereocenters. The fourth-order valence-corrected chi connectivity index (χ4v) is 2.03. The number of rotatable bonds is 5. The highest BCUT2D eigenvalue weighted by Gasteiger charge is 2.15. The number of nitrogens with zero attached hydrogens (tertiary/aromatic N) is 2.